The van der Waals surface area contributed by atoms with E-state index in [-0.39, 0.29) is 0 Å². The Kier molecular flexibility index (Phi) is 6.63. The Balaban J connectivity index is 2.64. The molecule has 0 unspecified atom stereocenters. The molecule has 0 bridgehead atoms. The summed E-state index contributed by atoms with van der Waals surface area (Å²) in [6.07, 6.45) is 6.45. The van der Waals surface area contributed by atoms with Gasteiger partial charge in [-0.25, -0.2) is 0 Å². The van der Waals surface area contributed by atoms with Crippen LogP contribution in [0.15, 0.2) is 4.99 Å². The molecule has 0 radical (unpaired) electrons. The second kappa shape index (κ2) is 7.73. The van der Waals surface area contributed by atoms with Gasteiger partial charge in [0.25, 0.3) is 0 Å². The highest BCUT2D eigenvalue weighted by atomic mass is 16.5. The van der Waals surface area contributed by atoms with Crippen LogP contribution in [0.3, 0.4) is 0 Å². The molecule has 4 heteroatoms. The Morgan fingerprint density at radius 1 is 1.11 bits per heavy atom. The number of guanidine groups is 1. The maximum Gasteiger partial charge on any atom is 0.195 e. The number of ether oxygens (including phenoxy) is 1. The fourth-order valence-electron chi connectivity index (χ4n) is 2.97. The number of rotatable bonds is 6. The maximum absolute atomic E-state index is 5.55. The van der Waals surface area contributed by atoms with E-state index < -0.39 is 0 Å². The topological polar surface area (TPSA) is 28.1 Å². The van der Waals surface area contributed by atoms with Crippen molar-refractivity contribution in [2.75, 3.05) is 47.9 Å². The van der Waals surface area contributed by atoms with E-state index in [1.54, 1.807) is 0 Å². The fraction of sp³-hybridized carbons (Fsp3) is 0.933. The van der Waals surface area contributed by atoms with Crippen LogP contribution < -0.4 is 0 Å². The minimum absolute atomic E-state index is 0.381. The van der Waals surface area contributed by atoms with Gasteiger partial charge in [0.15, 0.2) is 5.96 Å². The van der Waals surface area contributed by atoms with Crippen LogP contribution in [0.2, 0.25) is 0 Å². The van der Waals surface area contributed by atoms with Gasteiger partial charge in [-0.2, -0.15) is 0 Å². The monoisotopic (exact) mass is 269 g/mol. The molecule has 0 amide bonds. The molecular weight excluding hydrogens is 238 g/mol. The van der Waals surface area contributed by atoms with Crippen LogP contribution in [0.5, 0.6) is 0 Å². The SMILES string of the molecule is CCOCCC1(CN=C(N(C)C)N(C)C)CCCC1. The summed E-state index contributed by atoms with van der Waals surface area (Å²) in [5, 5.41) is 0. The summed E-state index contributed by atoms with van der Waals surface area (Å²) in [4.78, 5) is 9.05. The van der Waals surface area contributed by atoms with E-state index in [1.807, 2.05) is 0 Å². The lowest BCUT2D eigenvalue weighted by molar-refractivity contribution is 0.106. The molecule has 0 aromatic heterocycles. The molecule has 0 atom stereocenters. The Hall–Kier alpha value is -0.770. The van der Waals surface area contributed by atoms with Crippen molar-refractivity contribution in [3.05, 3.63) is 0 Å². The van der Waals surface area contributed by atoms with E-state index in [1.165, 1.54) is 25.7 Å². The van der Waals surface area contributed by atoms with E-state index in [2.05, 4.69) is 44.9 Å². The zero-order valence-corrected chi connectivity index (χ0v) is 13.4. The molecule has 1 rings (SSSR count). The third kappa shape index (κ3) is 5.01. The van der Waals surface area contributed by atoms with Crippen LogP contribution in [0.1, 0.15) is 39.0 Å². The van der Waals surface area contributed by atoms with Gasteiger partial charge in [0, 0.05) is 47.9 Å². The van der Waals surface area contributed by atoms with Crippen LogP contribution >= 0.6 is 0 Å². The van der Waals surface area contributed by atoms with E-state index in [4.69, 9.17) is 9.73 Å². The predicted molar refractivity (Wildman–Crippen MR) is 81.7 cm³/mol. The summed E-state index contributed by atoms with van der Waals surface area (Å²) in [6.45, 7) is 4.70. The Bertz CT molecular complexity index is 271. The minimum Gasteiger partial charge on any atom is -0.382 e. The van der Waals surface area contributed by atoms with Crippen molar-refractivity contribution in [2.45, 2.75) is 39.0 Å². The molecule has 1 aliphatic carbocycles. The van der Waals surface area contributed by atoms with Gasteiger partial charge in [-0.15, -0.1) is 0 Å². The van der Waals surface area contributed by atoms with Crippen LogP contribution in [-0.4, -0.2) is 63.7 Å². The van der Waals surface area contributed by atoms with E-state index in [0.717, 1.165) is 32.1 Å². The number of nitrogens with zero attached hydrogens (tertiary/aromatic N) is 3. The first kappa shape index (κ1) is 16.3. The van der Waals surface area contributed by atoms with Crippen LogP contribution in [0.4, 0.5) is 0 Å². The lowest BCUT2D eigenvalue weighted by atomic mass is 9.83. The third-order valence-corrected chi connectivity index (χ3v) is 4.00. The zero-order chi connectivity index (χ0) is 14.3. The molecular formula is C15H31N3O. The standard InChI is InChI=1S/C15H31N3O/c1-6-19-12-11-15(9-7-8-10-15)13-16-14(17(2)3)18(4)5/h6-13H2,1-5H3. The highest BCUT2D eigenvalue weighted by Crippen LogP contribution is 2.41. The molecule has 1 aliphatic rings. The summed E-state index contributed by atoms with van der Waals surface area (Å²) >= 11 is 0. The van der Waals surface area contributed by atoms with Crippen molar-refractivity contribution >= 4 is 5.96 Å². The van der Waals surface area contributed by atoms with Gasteiger partial charge in [-0.05, 0) is 31.6 Å². The minimum atomic E-state index is 0.381. The van der Waals surface area contributed by atoms with Gasteiger partial charge in [-0.1, -0.05) is 12.8 Å². The predicted octanol–water partition coefficient (Wildman–Crippen LogP) is 2.45. The Morgan fingerprint density at radius 3 is 2.16 bits per heavy atom. The molecule has 0 saturated heterocycles. The molecule has 112 valence electrons. The summed E-state index contributed by atoms with van der Waals surface area (Å²) < 4.78 is 5.55. The average molecular weight is 269 g/mol. The summed E-state index contributed by atoms with van der Waals surface area (Å²) in [7, 11) is 8.22. The molecule has 1 fully saturated rings. The third-order valence-electron chi connectivity index (χ3n) is 4.00. The second-order valence-electron chi connectivity index (χ2n) is 6.06. The molecule has 0 aromatic rings. The van der Waals surface area contributed by atoms with E-state index in [0.29, 0.717) is 5.41 Å². The largest absolute Gasteiger partial charge is 0.382 e. The summed E-state index contributed by atoms with van der Waals surface area (Å²) in [5.74, 6) is 1.06. The molecule has 1 saturated carbocycles. The van der Waals surface area contributed by atoms with Crippen molar-refractivity contribution in [1.29, 1.82) is 0 Å². The molecule has 0 aromatic carbocycles. The van der Waals surface area contributed by atoms with E-state index >= 15 is 0 Å². The number of hydrogen-bond donors (Lipinski definition) is 0. The first-order valence-electron chi connectivity index (χ1n) is 7.47. The Labute approximate surface area is 118 Å². The highest BCUT2D eigenvalue weighted by molar-refractivity contribution is 5.79. The first-order chi connectivity index (χ1) is 9.01. The van der Waals surface area contributed by atoms with Gasteiger partial charge in [0.2, 0.25) is 0 Å². The van der Waals surface area contributed by atoms with Crippen molar-refractivity contribution in [1.82, 2.24) is 9.80 Å². The zero-order valence-electron chi connectivity index (χ0n) is 13.4. The summed E-state index contributed by atoms with van der Waals surface area (Å²) in [6, 6.07) is 0. The smallest absolute Gasteiger partial charge is 0.195 e. The molecule has 19 heavy (non-hydrogen) atoms. The first-order valence-corrected chi connectivity index (χ1v) is 7.47. The van der Waals surface area contributed by atoms with Crippen molar-refractivity contribution in [3.8, 4) is 0 Å². The van der Waals surface area contributed by atoms with Crippen molar-refractivity contribution in [3.63, 3.8) is 0 Å². The number of aliphatic imine (C=N–C) groups is 1. The maximum atomic E-state index is 5.55. The fourth-order valence-corrected chi connectivity index (χ4v) is 2.97. The Morgan fingerprint density at radius 2 is 1.68 bits per heavy atom. The molecule has 0 spiro atoms. The van der Waals surface area contributed by atoms with Gasteiger partial charge in [0.1, 0.15) is 0 Å². The quantitative estimate of drug-likeness (QED) is 0.421. The highest BCUT2D eigenvalue weighted by Gasteiger charge is 2.33. The van der Waals surface area contributed by atoms with Crippen LogP contribution in [0.25, 0.3) is 0 Å². The second-order valence-corrected chi connectivity index (χ2v) is 6.06. The van der Waals surface area contributed by atoms with Gasteiger partial charge >= 0.3 is 0 Å². The number of hydrogen-bond acceptors (Lipinski definition) is 2. The van der Waals surface area contributed by atoms with Gasteiger partial charge in [0.05, 0.1) is 0 Å². The van der Waals surface area contributed by atoms with Crippen LogP contribution in [0, 0.1) is 5.41 Å². The van der Waals surface area contributed by atoms with E-state index in [9.17, 15) is 0 Å². The van der Waals surface area contributed by atoms with Gasteiger partial charge < -0.3 is 14.5 Å². The summed E-state index contributed by atoms with van der Waals surface area (Å²) in [5.41, 5.74) is 0.381. The average Bonchev–Trinajstić information content (AvgIpc) is 2.78. The van der Waals surface area contributed by atoms with Crippen LogP contribution in [-0.2, 0) is 4.74 Å². The molecule has 0 N–H and O–H groups in total. The lowest BCUT2D eigenvalue weighted by Crippen LogP contribution is -2.36. The van der Waals surface area contributed by atoms with Crippen molar-refractivity contribution < 1.29 is 4.74 Å². The molecule has 0 aliphatic heterocycles. The molecule has 0 heterocycles. The molecule has 4 nitrogen and oxygen atoms in total. The normalized spacial score (nSPS) is 17.3. The van der Waals surface area contributed by atoms with Crippen molar-refractivity contribution in [2.24, 2.45) is 10.4 Å². The lowest BCUT2D eigenvalue weighted by Gasteiger charge is -2.29. The van der Waals surface area contributed by atoms with Gasteiger partial charge in [-0.3, -0.25) is 4.99 Å².